The lowest BCUT2D eigenvalue weighted by molar-refractivity contribution is -0.118. The van der Waals surface area contributed by atoms with Crippen LogP contribution in [-0.4, -0.2) is 12.5 Å². The van der Waals surface area contributed by atoms with Gasteiger partial charge in [-0.15, -0.1) is 0 Å². The van der Waals surface area contributed by atoms with Gasteiger partial charge >= 0.3 is 0 Å². The Morgan fingerprint density at radius 1 is 1.41 bits per heavy atom. The van der Waals surface area contributed by atoms with Crippen molar-refractivity contribution in [2.75, 3.05) is 17.2 Å². The molecule has 0 unspecified atom stereocenters. The lowest BCUT2D eigenvalue weighted by Gasteiger charge is -2.21. The molecule has 0 aliphatic carbocycles. The van der Waals surface area contributed by atoms with Crippen molar-refractivity contribution in [2.45, 2.75) is 19.3 Å². The number of nitrogen functional groups attached to an aromatic ring is 1. The van der Waals surface area contributed by atoms with E-state index in [0.29, 0.717) is 13.0 Å². The maximum absolute atomic E-state index is 12.0. The number of halogens is 1. The molecule has 0 bridgehead atoms. The van der Waals surface area contributed by atoms with Gasteiger partial charge in [0.05, 0.1) is 0 Å². The number of hydrogen-bond donors (Lipinski definition) is 1. The highest BCUT2D eigenvalue weighted by molar-refractivity contribution is 6.25. The summed E-state index contributed by atoms with van der Waals surface area (Å²) in [4.78, 5) is 13.8. The molecule has 1 amide bonds. The zero-order valence-electron chi connectivity index (χ0n) is 9.53. The predicted molar refractivity (Wildman–Crippen MR) is 71.1 cm³/mol. The number of fused-ring (bicyclic) bond motifs is 1. The van der Waals surface area contributed by atoms with Crippen LogP contribution in [0.15, 0.2) is 29.8 Å². The van der Waals surface area contributed by atoms with Crippen molar-refractivity contribution in [1.82, 2.24) is 0 Å². The summed E-state index contributed by atoms with van der Waals surface area (Å²) in [6.45, 7) is 0.513. The topological polar surface area (TPSA) is 46.3 Å². The Balaban J connectivity index is 2.39. The van der Waals surface area contributed by atoms with Crippen molar-refractivity contribution in [2.24, 2.45) is 0 Å². The van der Waals surface area contributed by atoms with Crippen molar-refractivity contribution in [3.05, 3.63) is 35.4 Å². The number of nitrogens with two attached hydrogens (primary N) is 1. The molecular formula is C13H15ClN2O. The van der Waals surface area contributed by atoms with Crippen LogP contribution in [-0.2, 0) is 11.2 Å². The minimum Gasteiger partial charge on any atom is -0.399 e. The van der Waals surface area contributed by atoms with Gasteiger partial charge in [-0.25, -0.2) is 0 Å². The molecule has 0 atom stereocenters. The molecule has 90 valence electrons. The second-order valence-corrected chi connectivity index (χ2v) is 4.36. The maximum Gasteiger partial charge on any atom is 0.227 e. The van der Waals surface area contributed by atoms with Crippen LogP contribution in [0, 0.1) is 0 Å². The van der Waals surface area contributed by atoms with Crippen LogP contribution in [0.3, 0.4) is 0 Å². The lowest BCUT2D eigenvalue weighted by Crippen LogP contribution is -2.30. The first-order chi connectivity index (χ1) is 8.22. The lowest BCUT2D eigenvalue weighted by atomic mass is 10.1. The number of hydrogen-bond acceptors (Lipinski definition) is 2. The quantitative estimate of drug-likeness (QED) is 0.821. The van der Waals surface area contributed by atoms with Crippen molar-refractivity contribution in [1.29, 1.82) is 0 Å². The van der Waals surface area contributed by atoms with Crippen LogP contribution in [0.2, 0.25) is 0 Å². The van der Waals surface area contributed by atoms with Gasteiger partial charge in [0.15, 0.2) is 0 Å². The summed E-state index contributed by atoms with van der Waals surface area (Å²) < 4.78 is 0. The zero-order valence-corrected chi connectivity index (χ0v) is 10.3. The first kappa shape index (κ1) is 12.0. The first-order valence-electron chi connectivity index (χ1n) is 5.66. The minimum atomic E-state index is 0.142. The molecular weight excluding hydrogens is 236 g/mol. The largest absolute Gasteiger partial charge is 0.399 e. The Morgan fingerprint density at radius 3 is 3.00 bits per heavy atom. The average molecular weight is 251 g/mol. The van der Waals surface area contributed by atoms with E-state index in [1.807, 2.05) is 18.2 Å². The molecule has 0 aromatic heterocycles. The van der Waals surface area contributed by atoms with E-state index in [1.54, 1.807) is 11.0 Å². The second kappa shape index (κ2) is 5.23. The van der Waals surface area contributed by atoms with Crippen molar-refractivity contribution in [3.8, 4) is 0 Å². The van der Waals surface area contributed by atoms with Crippen molar-refractivity contribution >= 4 is 28.9 Å². The van der Waals surface area contributed by atoms with Crippen LogP contribution in [0.5, 0.6) is 0 Å². The molecule has 1 aliphatic heterocycles. The Kier molecular flexibility index (Phi) is 3.69. The number of nitrogens with zero attached hydrogens (tertiary/aromatic N) is 1. The third-order valence-electron chi connectivity index (χ3n) is 2.91. The average Bonchev–Trinajstić information content (AvgIpc) is 2.45. The fourth-order valence-electron chi connectivity index (χ4n) is 2.11. The molecule has 0 fully saturated rings. The van der Waals surface area contributed by atoms with Crippen LogP contribution in [0.25, 0.3) is 0 Å². The van der Waals surface area contributed by atoms with E-state index in [2.05, 4.69) is 0 Å². The fraction of sp³-hybridized carbons (Fsp3) is 0.308. The van der Waals surface area contributed by atoms with E-state index < -0.39 is 0 Å². The normalized spacial score (nSPS) is 16.1. The van der Waals surface area contributed by atoms with Gasteiger partial charge in [-0.1, -0.05) is 17.7 Å². The molecule has 0 radical (unpaired) electrons. The fourth-order valence-corrected chi connectivity index (χ4v) is 2.19. The summed E-state index contributed by atoms with van der Waals surface area (Å²) >= 11 is 5.52. The summed E-state index contributed by atoms with van der Waals surface area (Å²) in [5.74, 6) is 0.142. The Labute approximate surface area is 106 Å². The second-order valence-electron chi connectivity index (χ2n) is 4.11. The number of carbonyl (C=O) groups excluding carboxylic acids is 1. The number of aryl methyl sites for hydroxylation is 1. The molecule has 1 aromatic rings. The molecule has 2 N–H and O–H groups in total. The van der Waals surface area contributed by atoms with Gasteiger partial charge in [0.25, 0.3) is 0 Å². The summed E-state index contributed by atoms with van der Waals surface area (Å²) in [6.07, 6.45) is 4.11. The molecule has 17 heavy (non-hydrogen) atoms. The molecule has 0 spiro atoms. The minimum absolute atomic E-state index is 0.142. The third kappa shape index (κ3) is 2.61. The van der Waals surface area contributed by atoms with Crippen LogP contribution in [0.1, 0.15) is 18.4 Å². The summed E-state index contributed by atoms with van der Waals surface area (Å²) in [7, 11) is 0. The molecule has 1 aromatic carbocycles. The van der Waals surface area contributed by atoms with E-state index in [1.165, 1.54) is 5.54 Å². The summed E-state index contributed by atoms with van der Waals surface area (Å²) in [6, 6.07) is 5.69. The van der Waals surface area contributed by atoms with Crippen LogP contribution < -0.4 is 10.6 Å². The van der Waals surface area contributed by atoms with E-state index >= 15 is 0 Å². The molecule has 0 saturated carbocycles. The van der Waals surface area contributed by atoms with Crippen LogP contribution in [0.4, 0.5) is 11.4 Å². The molecule has 1 heterocycles. The number of rotatable bonds is 2. The highest BCUT2D eigenvalue weighted by Gasteiger charge is 2.20. The zero-order chi connectivity index (χ0) is 12.3. The third-order valence-corrected chi connectivity index (χ3v) is 3.09. The number of amides is 1. The molecule has 3 nitrogen and oxygen atoms in total. The summed E-state index contributed by atoms with van der Waals surface area (Å²) in [5, 5.41) is 0. The predicted octanol–water partition coefficient (Wildman–Crippen LogP) is 2.69. The highest BCUT2D eigenvalue weighted by Crippen LogP contribution is 2.28. The van der Waals surface area contributed by atoms with Gasteiger partial charge in [-0.2, -0.15) is 0 Å². The Bertz CT molecular complexity index is 457. The maximum atomic E-state index is 12.0. The van der Waals surface area contributed by atoms with Gasteiger partial charge in [-0.3, -0.25) is 4.79 Å². The molecule has 2 rings (SSSR count). The van der Waals surface area contributed by atoms with Gasteiger partial charge in [0.1, 0.15) is 0 Å². The molecule has 0 saturated heterocycles. The Hall–Kier alpha value is -1.48. The standard InChI is InChI=1S/C13H15ClN2O/c14-7-2-8-16-12-6-5-11(15)9-10(12)3-1-4-13(16)17/h2,5-7,9H,1,3-4,8,15H2/b7-2+. The van der Waals surface area contributed by atoms with E-state index in [9.17, 15) is 4.79 Å². The van der Waals surface area contributed by atoms with E-state index in [0.717, 1.165) is 29.8 Å². The van der Waals surface area contributed by atoms with Crippen molar-refractivity contribution < 1.29 is 4.79 Å². The number of anilines is 2. The number of carbonyl (C=O) groups is 1. The van der Waals surface area contributed by atoms with E-state index in [-0.39, 0.29) is 5.91 Å². The van der Waals surface area contributed by atoms with Crippen molar-refractivity contribution in [3.63, 3.8) is 0 Å². The van der Waals surface area contributed by atoms with Crippen LogP contribution >= 0.6 is 11.6 Å². The van der Waals surface area contributed by atoms with E-state index in [4.69, 9.17) is 17.3 Å². The van der Waals surface area contributed by atoms with Gasteiger partial charge < -0.3 is 10.6 Å². The summed E-state index contributed by atoms with van der Waals surface area (Å²) in [5.41, 5.74) is 10.0. The Morgan fingerprint density at radius 2 is 2.24 bits per heavy atom. The van der Waals surface area contributed by atoms with Gasteiger partial charge in [0.2, 0.25) is 5.91 Å². The smallest absolute Gasteiger partial charge is 0.227 e. The SMILES string of the molecule is Nc1ccc2c(c1)CCCC(=O)N2C/C=C/Cl. The van der Waals surface area contributed by atoms with Gasteiger partial charge in [0, 0.05) is 29.9 Å². The molecule has 4 heteroatoms. The first-order valence-corrected chi connectivity index (χ1v) is 6.10. The number of benzene rings is 1. The highest BCUT2D eigenvalue weighted by atomic mass is 35.5. The van der Waals surface area contributed by atoms with Gasteiger partial charge in [-0.05, 0) is 36.6 Å². The molecule has 1 aliphatic rings. The monoisotopic (exact) mass is 250 g/mol.